The Balaban J connectivity index is 1.64. The Labute approximate surface area is 153 Å². The molecule has 132 valence electrons. The fourth-order valence-electron chi connectivity index (χ4n) is 2.79. The molecular formula is C21H21N3O2. The molecule has 1 heterocycles. The predicted molar refractivity (Wildman–Crippen MR) is 101 cm³/mol. The van der Waals surface area contributed by atoms with E-state index < -0.39 is 0 Å². The van der Waals surface area contributed by atoms with Gasteiger partial charge in [-0.25, -0.2) is 0 Å². The van der Waals surface area contributed by atoms with Gasteiger partial charge in [-0.2, -0.15) is 5.26 Å². The van der Waals surface area contributed by atoms with E-state index in [4.69, 9.17) is 4.74 Å². The quantitative estimate of drug-likeness (QED) is 0.667. The summed E-state index contributed by atoms with van der Waals surface area (Å²) in [5.41, 5.74) is 3.04. The minimum Gasteiger partial charge on any atom is -0.378 e. The molecule has 1 aliphatic heterocycles. The van der Waals surface area contributed by atoms with E-state index in [1.54, 1.807) is 6.08 Å². The van der Waals surface area contributed by atoms with Crippen molar-refractivity contribution < 1.29 is 9.53 Å². The van der Waals surface area contributed by atoms with Crippen molar-refractivity contribution >= 4 is 17.7 Å². The highest BCUT2D eigenvalue weighted by molar-refractivity contribution is 6.01. The van der Waals surface area contributed by atoms with Crippen LogP contribution in [0.5, 0.6) is 0 Å². The number of nitrogens with one attached hydrogen (secondary N) is 1. The van der Waals surface area contributed by atoms with Crippen molar-refractivity contribution in [2.75, 3.05) is 31.2 Å². The second kappa shape index (κ2) is 8.84. The summed E-state index contributed by atoms with van der Waals surface area (Å²) in [7, 11) is 0. The lowest BCUT2D eigenvalue weighted by molar-refractivity contribution is -0.117. The van der Waals surface area contributed by atoms with Gasteiger partial charge in [0.1, 0.15) is 11.6 Å². The average molecular weight is 347 g/mol. The highest BCUT2D eigenvalue weighted by atomic mass is 16.5. The first-order valence-electron chi connectivity index (χ1n) is 8.63. The highest BCUT2D eigenvalue weighted by Crippen LogP contribution is 2.18. The second-order valence-corrected chi connectivity index (χ2v) is 6.03. The van der Waals surface area contributed by atoms with Gasteiger partial charge >= 0.3 is 0 Å². The number of morpholine rings is 1. The zero-order valence-electron chi connectivity index (χ0n) is 14.5. The number of anilines is 1. The topological polar surface area (TPSA) is 65.4 Å². The first kappa shape index (κ1) is 17.7. The number of benzene rings is 2. The molecule has 0 aliphatic carbocycles. The molecule has 1 N–H and O–H groups in total. The number of ether oxygens (including phenoxy) is 1. The van der Waals surface area contributed by atoms with Gasteiger partial charge in [0.2, 0.25) is 0 Å². The molecule has 1 fully saturated rings. The number of hydrogen-bond acceptors (Lipinski definition) is 4. The van der Waals surface area contributed by atoms with Gasteiger partial charge in [0.15, 0.2) is 0 Å². The summed E-state index contributed by atoms with van der Waals surface area (Å²) in [6, 6.07) is 19.5. The maximum atomic E-state index is 12.2. The van der Waals surface area contributed by atoms with Crippen molar-refractivity contribution in [1.29, 1.82) is 5.26 Å². The number of hydrogen-bond donors (Lipinski definition) is 1. The number of nitriles is 1. The molecule has 0 bridgehead atoms. The molecule has 0 atom stereocenters. The molecule has 0 spiro atoms. The van der Waals surface area contributed by atoms with Crippen LogP contribution in [-0.4, -0.2) is 32.2 Å². The van der Waals surface area contributed by atoms with Crippen LogP contribution >= 0.6 is 0 Å². The number of nitrogens with zero attached hydrogens (tertiary/aromatic N) is 2. The van der Waals surface area contributed by atoms with Gasteiger partial charge in [-0.15, -0.1) is 0 Å². The van der Waals surface area contributed by atoms with Crippen LogP contribution in [-0.2, 0) is 16.1 Å². The van der Waals surface area contributed by atoms with Gasteiger partial charge in [-0.3, -0.25) is 4.79 Å². The van der Waals surface area contributed by atoms with Crippen LogP contribution < -0.4 is 10.2 Å². The van der Waals surface area contributed by atoms with Crippen LogP contribution in [0, 0.1) is 11.3 Å². The van der Waals surface area contributed by atoms with Crippen LogP contribution in [0.3, 0.4) is 0 Å². The van der Waals surface area contributed by atoms with Crippen molar-refractivity contribution in [3.05, 3.63) is 71.3 Å². The van der Waals surface area contributed by atoms with E-state index in [9.17, 15) is 10.1 Å². The average Bonchev–Trinajstić information content (AvgIpc) is 2.72. The fraction of sp³-hybridized carbons (Fsp3) is 0.238. The van der Waals surface area contributed by atoms with Gasteiger partial charge in [-0.1, -0.05) is 42.5 Å². The van der Waals surface area contributed by atoms with Crippen LogP contribution in [0.15, 0.2) is 60.2 Å². The maximum Gasteiger partial charge on any atom is 0.262 e. The minimum atomic E-state index is -0.367. The van der Waals surface area contributed by atoms with Gasteiger partial charge < -0.3 is 15.0 Å². The lowest BCUT2D eigenvalue weighted by atomic mass is 10.1. The summed E-state index contributed by atoms with van der Waals surface area (Å²) in [6.45, 7) is 3.62. The second-order valence-electron chi connectivity index (χ2n) is 6.03. The van der Waals surface area contributed by atoms with Crippen LogP contribution in [0.2, 0.25) is 0 Å². The Morgan fingerprint density at radius 2 is 1.81 bits per heavy atom. The third-order valence-electron chi connectivity index (χ3n) is 4.24. The first-order valence-corrected chi connectivity index (χ1v) is 8.63. The van der Waals surface area contributed by atoms with Gasteiger partial charge in [0.05, 0.1) is 13.2 Å². The lowest BCUT2D eigenvalue weighted by Crippen LogP contribution is -2.36. The van der Waals surface area contributed by atoms with Gasteiger partial charge in [0.25, 0.3) is 5.91 Å². The molecule has 3 rings (SSSR count). The highest BCUT2D eigenvalue weighted by Gasteiger charge is 2.11. The standard InChI is InChI=1S/C21H21N3O2/c22-15-19(21(25)23-16-18-4-2-1-3-5-18)14-17-6-8-20(9-7-17)24-10-12-26-13-11-24/h1-9,14H,10-13,16H2,(H,23,25). The van der Waals surface area contributed by atoms with Gasteiger partial charge in [0, 0.05) is 25.3 Å². The van der Waals surface area contributed by atoms with E-state index in [2.05, 4.69) is 10.2 Å². The summed E-state index contributed by atoms with van der Waals surface area (Å²) in [5, 5.41) is 12.1. The van der Waals surface area contributed by atoms with E-state index in [0.717, 1.165) is 43.1 Å². The van der Waals surface area contributed by atoms with E-state index in [0.29, 0.717) is 6.54 Å². The van der Waals surface area contributed by atoms with Crippen LogP contribution in [0.4, 0.5) is 5.69 Å². The number of carbonyl (C=O) groups is 1. The Bertz CT molecular complexity index is 801. The SMILES string of the molecule is N#CC(=Cc1ccc(N2CCOCC2)cc1)C(=O)NCc1ccccc1. The van der Waals surface area contributed by atoms with Crippen molar-refractivity contribution in [3.63, 3.8) is 0 Å². The van der Waals surface area contributed by atoms with E-state index in [-0.39, 0.29) is 11.5 Å². The lowest BCUT2D eigenvalue weighted by Gasteiger charge is -2.28. The summed E-state index contributed by atoms with van der Waals surface area (Å²) in [4.78, 5) is 14.5. The van der Waals surface area contributed by atoms with Crippen LogP contribution in [0.25, 0.3) is 6.08 Å². The van der Waals surface area contributed by atoms with Crippen molar-refractivity contribution in [3.8, 4) is 6.07 Å². The van der Waals surface area contributed by atoms with Crippen LogP contribution in [0.1, 0.15) is 11.1 Å². The molecule has 26 heavy (non-hydrogen) atoms. The molecule has 5 nitrogen and oxygen atoms in total. The van der Waals surface area contributed by atoms with E-state index in [1.165, 1.54) is 0 Å². The zero-order chi connectivity index (χ0) is 18.2. The first-order chi connectivity index (χ1) is 12.8. The smallest absolute Gasteiger partial charge is 0.262 e. The van der Waals surface area contributed by atoms with E-state index >= 15 is 0 Å². The Hall–Kier alpha value is -3.10. The summed E-state index contributed by atoms with van der Waals surface area (Å²) in [6.07, 6.45) is 1.61. The van der Waals surface area contributed by atoms with Crippen molar-refractivity contribution in [1.82, 2.24) is 5.32 Å². The molecule has 2 aromatic carbocycles. The zero-order valence-corrected chi connectivity index (χ0v) is 14.5. The molecule has 5 heteroatoms. The Morgan fingerprint density at radius 3 is 2.46 bits per heavy atom. The monoisotopic (exact) mass is 347 g/mol. The molecule has 2 aromatic rings. The molecule has 0 aromatic heterocycles. The maximum absolute atomic E-state index is 12.2. The number of rotatable bonds is 5. The Kier molecular flexibility index (Phi) is 6.02. The summed E-state index contributed by atoms with van der Waals surface area (Å²) < 4.78 is 5.36. The fourth-order valence-corrected chi connectivity index (χ4v) is 2.79. The Morgan fingerprint density at radius 1 is 1.12 bits per heavy atom. The molecule has 0 saturated carbocycles. The predicted octanol–water partition coefficient (Wildman–Crippen LogP) is 2.75. The third-order valence-corrected chi connectivity index (χ3v) is 4.24. The minimum absolute atomic E-state index is 0.0973. The number of amides is 1. The summed E-state index contributed by atoms with van der Waals surface area (Å²) >= 11 is 0. The van der Waals surface area contributed by atoms with Crippen molar-refractivity contribution in [2.24, 2.45) is 0 Å². The largest absolute Gasteiger partial charge is 0.378 e. The molecule has 0 radical (unpaired) electrons. The number of carbonyl (C=O) groups excluding carboxylic acids is 1. The molecular weight excluding hydrogens is 326 g/mol. The molecule has 1 amide bonds. The molecule has 1 saturated heterocycles. The molecule has 0 unspecified atom stereocenters. The third kappa shape index (κ3) is 4.71. The van der Waals surface area contributed by atoms with Gasteiger partial charge in [-0.05, 0) is 29.3 Å². The molecule has 1 aliphatic rings. The van der Waals surface area contributed by atoms with Crippen molar-refractivity contribution in [2.45, 2.75) is 6.54 Å². The van der Waals surface area contributed by atoms with E-state index in [1.807, 2.05) is 60.7 Å². The normalized spacial score (nSPS) is 14.6. The summed E-state index contributed by atoms with van der Waals surface area (Å²) in [5.74, 6) is -0.367.